The van der Waals surface area contributed by atoms with Crippen molar-refractivity contribution < 1.29 is 23.2 Å². The fourth-order valence-corrected chi connectivity index (χ4v) is 4.29. The Kier molecular flexibility index (Phi) is 4.71. The predicted octanol–water partition coefficient (Wildman–Crippen LogP) is 3.32. The maximum Gasteiger partial charge on any atom is 0.266 e. The smallest absolute Gasteiger partial charge is 0.266 e. The molecule has 0 fully saturated rings. The molecule has 0 aliphatic carbocycles. The summed E-state index contributed by atoms with van der Waals surface area (Å²) in [5, 5.41) is 19.3. The van der Waals surface area contributed by atoms with Gasteiger partial charge in [-0.05, 0) is 41.0 Å². The van der Waals surface area contributed by atoms with E-state index in [-0.39, 0.29) is 11.5 Å². The van der Waals surface area contributed by atoms with Crippen molar-refractivity contribution in [3.63, 3.8) is 0 Å². The molecule has 0 saturated heterocycles. The lowest BCUT2D eigenvalue weighted by molar-refractivity contribution is 0.469. The van der Waals surface area contributed by atoms with Gasteiger partial charge in [-0.2, -0.15) is 8.42 Å². The molecule has 3 aromatic rings. The van der Waals surface area contributed by atoms with E-state index in [4.69, 9.17) is 0 Å². The Labute approximate surface area is 151 Å². The third-order valence-electron chi connectivity index (χ3n) is 4.39. The third-order valence-corrected chi connectivity index (χ3v) is 5.18. The second-order valence-electron chi connectivity index (χ2n) is 6.09. The van der Waals surface area contributed by atoms with Gasteiger partial charge in [0.2, 0.25) is 0 Å². The number of rotatable bonds is 5. The third kappa shape index (κ3) is 3.56. The molecule has 0 spiro atoms. The Bertz CT molecular complexity index is 933. The Hall–Kier alpha value is -2.83. The molecule has 3 rings (SSSR count). The van der Waals surface area contributed by atoms with E-state index in [0.29, 0.717) is 16.7 Å². The minimum atomic E-state index is -4.37. The van der Waals surface area contributed by atoms with Gasteiger partial charge in [0, 0.05) is 0 Å². The van der Waals surface area contributed by atoms with Crippen LogP contribution in [0.2, 0.25) is 0 Å². The second-order valence-corrected chi connectivity index (χ2v) is 7.54. The molecule has 0 radical (unpaired) electrons. The number of hydrogen-bond donors (Lipinski definition) is 3. The van der Waals surface area contributed by atoms with Crippen LogP contribution in [0.25, 0.3) is 0 Å². The SMILES string of the molecule is O=S(=O)(O)CC(c1ccccc1)(c1ccc(O)cc1)c1ccc(O)cc1. The zero-order valence-electron chi connectivity index (χ0n) is 13.8. The molecule has 0 unspecified atom stereocenters. The molecular formula is C20H18O5S. The lowest BCUT2D eigenvalue weighted by Gasteiger charge is -2.35. The average molecular weight is 370 g/mol. The molecule has 6 heteroatoms. The minimum absolute atomic E-state index is 0.0493. The first kappa shape index (κ1) is 18.0. The van der Waals surface area contributed by atoms with Gasteiger partial charge in [-0.25, -0.2) is 0 Å². The van der Waals surface area contributed by atoms with Crippen molar-refractivity contribution in [2.75, 3.05) is 5.75 Å². The van der Waals surface area contributed by atoms with Crippen LogP contribution in [-0.4, -0.2) is 28.9 Å². The summed E-state index contributed by atoms with van der Waals surface area (Å²) in [6.45, 7) is 0. The van der Waals surface area contributed by atoms with Crippen LogP contribution in [0.3, 0.4) is 0 Å². The number of phenols is 2. The molecular weight excluding hydrogens is 352 g/mol. The Morgan fingerprint density at radius 3 is 1.42 bits per heavy atom. The number of hydrogen-bond acceptors (Lipinski definition) is 4. The van der Waals surface area contributed by atoms with Gasteiger partial charge in [-0.15, -0.1) is 0 Å². The van der Waals surface area contributed by atoms with Crippen LogP contribution in [0, 0.1) is 0 Å². The zero-order chi connectivity index (χ0) is 18.8. The molecule has 3 N–H and O–H groups in total. The molecule has 0 heterocycles. The van der Waals surface area contributed by atoms with Crippen molar-refractivity contribution in [3.8, 4) is 11.5 Å². The van der Waals surface area contributed by atoms with Crippen molar-refractivity contribution >= 4 is 10.1 Å². The molecule has 3 aromatic carbocycles. The van der Waals surface area contributed by atoms with Crippen LogP contribution in [0.1, 0.15) is 16.7 Å². The van der Waals surface area contributed by atoms with Crippen molar-refractivity contribution in [2.24, 2.45) is 0 Å². The monoisotopic (exact) mass is 370 g/mol. The van der Waals surface area contributed by atoms with Crippen LogP contribution in [0.4, 0.5) is 0 Å². The van der Waals surface area contributed by atoms with Crippen LogP contribution < -0.4 is 0 Å². The van der Waals surface area contributed by atoms with Gasteiger partial charge in [-0.3, -0.25) is 4.55 Å². The summed E-state index contributed by atoms with van der Waals surface area (Å²) in [5.41, 5.74) is 0.625. The molecule has 5 nitrogen and oxygen atoms in total. The summed E-state index contributed by atoms with van der Waals surface area (Å²) >= 11 is 0. The normalized spacial score (nSPS) is 12.0. The fraction of sp³-hybridized carbons (Fsp3) is 0.100. The van der Waals surface area contributed by atoms with Crippen molar-refractivity contribution in [3.05, 3.63) is 95.6 Å². The summed E-state index contributed by atoms with van der Waals surface area (Å²) in [7, 11) is -4.37. The predicted molar refractivity (Wildman–Crippen MR) is 99.0 cm³/mol. The highest BCUT2D eigenvalue weighted by Crippen LogP contribution is 2.41. The van der Waals surface area contributed by atoms with E-state index in [9.17, 15) is 23.2 Å². The Morgan fingerprint density at radius 2 is 1.04 bits per heavy atom. The summed E-state index contributed by atoms with van der Waals surface area (Å²) in [6, 6.07) is 21.3. The number of aromatic hydroxyl groups is 2. The van der Waals surface area contributed by atoms with Gasteiger partial charge < -0.3 is 10.2 Å². The number of phenolic OH excluding ortho intramolecular Hbond substituents is 2. The highest BCUT2D eigenvalue weighted by Gasteiger charge is 2.40. The van der Waals surface area contributed by atoms with Crippen LogP contribution in [-0.2, 0) is 15.5 Å². The van der Waals surface area contributed by atoms with Crippen LogP contribution in [0.15, 0.2) is 78.9 Å². The first-order chi connectivity index (χ1) is 12.3. The molecule has 134 valence electrons. The first-order valence-corrected chi connectivity index (χ1v) is 9.52. The van der Waals surface area contributed by atoms with E-state index in [1.54, 1.807) is 48.5 Å². The maximum absolute atomic E-state index is 12.0. The summed E-state index contributed by atoms with van der Waals surface area (Å²) in [6.07, 6.45) is 0. The van der Waals surface area contributed by atoms with Gasteiger partial charge in [0.25, 0.3) is 10.1 Å². The lowest BCUT2D eigenvalue weighted by Crippen LogP contribution is -2.37. The van der Waals surface area contributed by atoms with Gasteiger partial charge in [0.05, 0.1) is 11.2 Å². The standard InChI is InChI=1S/C20H18O5S/c21-18-10-6-16(7-11-18)20(14-26(23,24)25,15-4-2-1-3-5-15)17-8-12-19(22)13-9-17/h1-13,21-22H,14H2,(H,23,24,25). The van der Waals surface area contributed by atoms with Crippen molar-refractivity contribution in [1.29, 1.82) is 0 Å². The average Bonchev–Trinajstić information content (AvgIpc) is 2.61. The van der Waals surface area contributed by atoms with Crippen molar-refractivity contribution in [1.82, 2.24) is 0 Å². The summed E-state index contributed by atoms with van der Waals surface area (Å²) in [5.74, 6) is -0.485. The van der Waals surface area contributed by atoms with E-state index >= 15 is 0 Å². The van der Waals surface area contributed by atoms with Gasteiger partial charge >= 0.3 is 0 Å². The van der Waals surface area contributed by atoms with Gasteiger partial charge in [-0.1, -0.05) is 54.6 Å². The highest BCUT2D eigenvalue weighted by molar-refractivity contribution is 7.85. The lowest BCUT2D eigenvalue weighted by atomic mass is 9.71. The van der Waals surface area contributed by atoms with Crippen LogP contribution >= 0.6 is 0 Å². The quantitative estimate of drug-likeness (QED) is 0.473. The molecule has 26 heavy (non-hydrogen) atoms. The van der Waals surface area contributed by atoms with E-state index in [1.165, 1.54) is 24.3 Å². The highest BCUT2D eigenvalue weighted by atomic mass is 32.2. The topological polar surface area (TPSA) is 94.8 Å². The zero-order valence-corrected chi connectivity index (χ0v) is 14.6. The van der Waals surface area contributed by atoms with E-state index in [0.717, 1.165) is 0 Å². The van der Waals surface area contributed by atoms with Crippen LogP contribution in [0.5, 0.6) is 11.5 Å². The van der Waals surface area contributed by atoms with Gasteiger partial charge in [0.1, 0.15) is 11.5 Å². The van der Waals surface area contributed by atoms with Gasteiger partial charge in [0.15, 0.2) is 0 Å². The summed E-state index contributed by atoms with van der Waals surface area (Å²) < 4.78 is 33.6. The number of benzene rings is 3. The molecule has 0 aromatic heterocycles. The molecule has 0 aliphatic heterocycles. The fourth-order valence-electron chi connectivity index (χ4n) is 3.24. The summed E-state index contributed by atoms with van der Waals surface area (Å²) in [4.78, 5) is 0. The Balaban J connectivity index is 2.37. The first-order valence-electron chi connectivity index (χ1n) is 7.91. The van der Waals surface area contributed by atoms with Crippen molar-refractivity contribution in [2.45, 2.75) is 5.41 Å². The minimum Gasteiger partial charge on any atom is -0.508 e. The van der Waals surface area contributed by atoms with E-state index in [2.05, 4.69) is 0 Å². The maximum atomic E-state index is 12.0. The van der Waals surface area contributed by atoms with E-state index in [1.807, 2.05) is 6.07 Å². The van der Waals surface area contributed by atoms with E-state index < -0.39 is 21.3 Å². The Morgan fingerprint density at radius 1 is 0.654 bits per heavy atom. The molecule has 0 saturated carbocycles. The molecule has 0 atom stereocenters. The molecule has 0 aliphatic rings. The molecule has 0 bridgehead atoms. The largest absolute Gasteiger partial charge is 0.508 e. The second kappa shape index (κ2) is 6.82. The molecule has 0 amide bonds.